The Morgan fingerprint density at radius 3 is 2.62 bits per heavy atom. The summed E-state index contributed by atoms with van der Waals surface area (Å²) in [4.78, 5) is 12.0. The van der Waals surface area contributed by atoms with Crippen molar-refractivity contribution >= 4 is 29.1 Å². The second-order valence-corrected chi connectivity index (χ2v) is 5.57. The molecule has 5 heteroatoms. The van der Waals surface area contributed by atoms with Crippen molar-refractivity contribution in [3.63, 3.8) is 0 Å². The molecule has 0 unspecified atom stereocenters. The second-order valence-electron chi connectivity index (χ2n) is 4.72. The predicted molar refractivity (Wildman–Crippen MR) is 83.1 cm³/mol. The monoisotopic (exact) mass is 325 g/mol. The summed E-state index contributed by atoms with van der Waals surface area (Å²) < 4.78 is 13.5. The Kier molecular flexibility index (Phi) is 5.21. The summed E-state index contributed by atoms with van der Waals surface area (Å²) in [5.74, 6) is -0.650. The molecule has 2 rings (SSSR count). The highest BCUT2D eigenvalue weighted by atomic mass is 35.5. The van der Waals surface area contributed by atoms with Crippen molar-refractivity contribution in [2.45, 2.75) is 19.4 Å². The molecule has 0 heterocycles. The maximum absolute atomic E-state index is 13.5. The van der Waals surface area contributed by atoms with Gasteiger partial charge in [0.2, 0.25) is 5.91 Å². The lowest BCUT2D eigenvalue weighted by Crippen LogP contribution is -2.28. The molecule has 0 fully saturated rings. The van der Waals surface area contributed by atoms with Gasteiger partial charge in [0, 0.05) is 10.0 Å². The van der Waals surface area contributed by atoms with Crippen LogP contribution in [0.15, 0.2) is 42.5 Å². The fraction of sp³-hybridized carbons (Fsp3) is 0.188. The zero-order chi connectivity index (χ0) is 15.4. The van der Waals surface area contributed by atoms with Crippen LogP contribution < -0.4 is 5.32 Å². The Labute approximate surface area is 132 Å². The minimum Gasteiger partial charge on any atom is -0.349 e. The Bertz CT molecular complexity index is 660. The first-order valence-corrected chi connectivity index (χ1v) is 7.20. The van der Waals surface area contributed by atoms with Gasteiger partial charge in [0.15, 0.2) is 0 Å². The third-order valence-corrected chi connectivity index (χ3v) is 3.68. The van der Waals surface area contributed by atoms with Crippen LogP contribution in [0.2, 0.25) is 10.0 Å². The van der Waals surface area contributed by atoms with Crippen LogP contribution >= 0.6 is 23.2 Å². The highest BCUT2D eigenvalue weighted by molar-refractivity contribution is 6.35. The summed E-state index contributed by atoms with van der Waals surface area (Å²) in [5, 5.41) is 3.82. The molecule has 0 aliphatic carbocycles. The number of rotatable bonds is 4. The van der Waals surface area contributed by atoms with E-state index in [1.165, 1.54) is 6.07 Å². The zero-order valence-electron chi connectivity index (χ0n) is 11.4. The molecule has 0 saturated heterocycles. The Morgan fingerprint density at radius 2 is 1.95 bits per heavy atom. The summed E-state index contributed by atoms with van der Waals surface area (Å²) in [6.07, 6.45) is -0.0117. The van der Waals surface area contributed by atoms with Crippen molar-refractivity contribution in [1.82, 2.24) is 5.32 Å². The molecule has 0 saturated carbocycles. The Balaban J connectivity index is 2.04. The van der Waals surface area contributed by atoms with Gasteiger partial charge in [0.25, 0.3) is 0 Å². The van der Waals surface area contributed by atoms with Crippen molar-refractivity contribution in [2.75, 3.05) is 0 Å². The lowest BCUT2D eigenvalue weighted by atomic mass is 10.1. The summed E-state index contributed by atoms with van der Waals surface area (Å²) in [7, 11) is 0. The van der Waals surface area contributed by atoms with Gasteiger partial charge in [0.05, 0.1) is 12.5 Å². The van der Waals surface area contributed by atoms with Crippen LogP contribution in [0, 0.1) is 5.82 Å². The number of nitrogens with one attached hydrogen (secondary N) is 1. The van der Waals surface area contributed by atoms with Gasteiger partial charge in [-0.1, -0.05) is 47.5 Å². The number of carbonyl (C=O) groups excluding carboxylic acids is 1. The topological polar surface area (TPSA) is 29.1 Å². The van der Waals surface area contributed by atoms with Crippen molar-refractivity contribution in [3.8, 4) is 0 Å². The standard InChI is InChI=1S/C16H14Cl2FNO/c1-10(13-7-6-12(17)9-14(13)18)20-16(21)8-11-4-2-3-5-15(11)19/h2-7,9-10H,8H2,1H3,(H,20,21)/t10-/m0/s1. The fourth-order valence-electron chi connectivity index (χ4n) is 2.04. The molecule has 1 amide bonds. The van der Waals surface area contributed by atoms with Gasteiger partial charge in [-0.25, -0.2) is 4.39 Å². The molecule has 2 aromatic carbocycles. The summed E-state index contributed by atoms with van der Waals surface area (Å²) in [6.45, 7) is 1.81. The van der Waals surface area contributed by atoms with Gasteiger partial charge in [-0.2, -0.15) is 0 Å². The highest BCUT2D eigenvalue weighted by Crippen LogP contribution is 2.26. The molecule has 0 bridgehead atoms. The smallest absolute Gasteiger partial charge is 0.225 e. The summed E-state index contributed by atoms with van der Waals surface area (Å²) >= 11 is 11.9. The van der Waals surface area contributed by atoms with E-state index < -0.39 is 0 Å². The van der Waals surface area contributed by atoms with E-state index in [1.54, 1.807) is 36.4 Å². The third kappa shape index (κ3) is 4.19. The van der Waals surface area contributed by atoms with E-state index in [1.807, 2.05) is 6.92 Å². The van der Waals surface area contributed by atoms with E-state index in [-0.39, 0.29) is 24.2 Å². The van der Waals surface area contributed by atoms with E-state index >= 15 is 0 Å². The van der Waals surface area contributed by atoms with Crippen LogP contribution in [-0.2, 0) is 11.2 Å². The number of halogens is 3. The molecule has 0 radical (unpaired) electrons. The van der Waals surface area contributed by atoms with Crippen molar-refractivity contribution < 1.29 is 9.18 Å². The second kappa shape index (κ2) is 6.92. The quantitative estimate of drug-likeness (QED) is 0.877. The molecular weight excluding hydrogens is 312 g/mol. The number of carbonyl (C=O) groups is 1. The lowest BCUT2D eigenvalue weighted by Gasteiger charge is -2.16. The largest absolute Gasteiger partial charge is 0.349 e. The number of amides is 1. The van der Waals surface area contributed by atoms with Gasteiger partial charge in [-0.15, -0.1) is 0 Å². The molecule has 0 spiro atoms. The van der Waals surface area contributed by atoms with E-state index in [0.29, 0.717) is 15.6 Å². The van der Waals surface area contributed by atoms with Gasteiger partial charge < -0.3 is 5.32 Å². The fourth-order valence-corrected chi connectivity index (χ4v) is 2.61. The van der Waals surface area contributed by atoms with Crippen LogP contribution in [0.1, 0.15) is 24.1 Å². The molecule has 1 atom stereocenters. The lowest BCUT2D eigenvalue weighted by molar-refractivity contribution is -0.121. The molecule has 2 aromatic rings. The normalized spacial score (nSPS) is 12.0. The molecule has 0 aliphatic rings. The van der Waals surface area contributed by atoms with Gasteiger partial charge >= 0.3 is 0 Å². The SMILES string of the molecule is C[C@H](NC(=O)Cc1ccccc1F)c1ccc(Cl)cc1Cl. The van der Waals surface area contributed by atoms with Crippen LogP contribution in [0.4, 0.5) is 4.39 Å². The first kappa shape index (κ1) is 15.8. The van der Waals surface area contributed by atoms with Gasteiger partial charge in [-0.05, 0) is 36.2 Å². The third-order valence-electron chi connectivity index (χ3n) is 3.12. The molecule has 1 N–H and O–H groups in total. The summed E-state index contributed by atoms with van der Waals surface area (Å²) in [6, 6.07) is 11.0. The number of hydrogen-bond acceptors (Lipinski definition) is 1. The molecule has 21 heavy (non-hydrogen) atoms. The Hall–Kier alpha value is -1.58. The first-order chi connectivity index (χ1) is 9.97. The van der Waals surface area contributed by atoms with Crippen molar-refractivity contribution in [3.05, 3.63) is 69.5 Å². The molecule has 0 aliphatic heterocycles. The molecule has 0 aromatic heterocycles. The maximum Gasteiger partial charge on any atom is 0.225 e. The van der Waals surface area contributed by atoms with E-state index in [0.717, 1.165) is 5.56 Å². The van der Waals surface area contributed by atoms with E-state index in [4.69, 9.17) is 23.2 Å². The van der Waals surface area contributed by atoms with Crippen LogP contribution in [0.3, 0.4) is 0 Å². The maximum atomic E-state index is 13.5. The van der Waals surface area contributed by atoms with Gasteiger partial charge in [0.1, 0.15) is 5.82 Å². The first-order valence-electron chi connectivity index (χ1n) is 6.45. The van der Waals surface area contributed by atoms with E-state index in [9.17, 15) is 9.18 Å². The van der Waals surface area contributed by atoms with Crippen LogP contribution in [0.5, 0.6) is 0 Å². The van der Waals surface area contributed by atoms with Crippen LogP contribution in [-0.4, -0.2) is 5.91 Å². The van der Waals surface area contributed by atoms with Gasteiger partial charge in [-0.3, -0.25) is 4.79 Å². The highest BCUT2D eigenvalue weighted by Gasteiger charge is 2.14. The van der Waals surface area contributed by atoms with Crippen molar-refractivity contribution in [1.29, 1.82) is 0 Å². The number of hydrogen-bond donors (Lipinski definition) is 1. The van der Waals surface area contributed by atoms with E-state index in [2.05, 4.69) is 5.32 Å². The predicted octanol–water partition coefficient (Wildman–Crippen LogP) is 4.55. The average Bonchev–Trinajstić information content (AvgIpc) is 2.41. The average molecular weight is 326 g/mol. The number of benzene rings is 2. The molecule has 110 valence electrons. The summed E-state index contributed by atoms with van der Waals surface area (Å²) in [5.41, 5.74) is 1.13. The minimum absolute atomic E-state index is 0.0117. The zero-order valence-corrected chi connectivity index (χ0v) is 12.9. The molecule has 2 nitrogen and oxygen atoms in total. The molecular formula is C16H14Cl2FNO. The van der Waals surface area contributed by atoms with Crippen molar-refractivity contribution in [2.24, 2.45) is 0 Å². The Morgan fingerprint density at radius 1 is 1.24 bits per heavy atom. The van der Waals surface area contributed by atoms with Crippen LogP contribution in [0.25, 0.3) is 0 Å². The minimum atomic E-state index is -0.384.